The van der Waals surface area contributed by atoms with Crippen molar-refractivity contribution in [3.8, 4) is 5.75 Å². The Balaban J connectivity index is 1.65. The van der Waals surface area contributed by atoms with E-state index in [2.05, 4.69) is 23.5 Å². The highest BCUT2D eigenvalue weighted by molar-refractivity contribution is 5.91. The highest BCUT2D eigenvalue weighted by Gasteiger charge is 2.24. The van der Waals surface area contributed by atoms with E-state index in [1.807, 2.05) is 19.1 Å². The SMILES string of the molecule is CCOc1ccc(NC(=O)CC2CCc3ccccc32)cc1CO. The van der Waals surface area contributed by atoms with Gasteiger partial charge in [-0.25, -0.2) is 0 Å². The lowest BCUT2D eigenvalue weighted by Crippen LogP contribution is -2.15. The lowest BCUT2D eigenvalue weighted by molar-refractivity contribution is -0.116. The molecule has 2 aromatic rings. The number of hydrogen-bond acceptors (Lipinski definition) is 3. The van der Waals surface area contributed by atoms with Gasteiger partial charge in [0, 0.05) is 17.7 Å². The summed E-state index contributed by atoms with van der Waals surface area (Å²) in [6, 6.07) is 13.7. The van der Waals surface area contributed by atoms with Crippen LogP contribution >= 0.6 is 0 Å². The predicted octanol–water partition coefficient (Wildman–Crippen LogP) is 3.64. The third kappa shape index (κ3) is 3.60. The molecule has 4 nitrogen and oxygen atoms in total. The Morgan fingerprint density at radius 1 is 1.29 bits per heavy atom. The second-order valence-electron chi connectivity index (χ2n) is 6.10. The number of nitrogens with one attached hydrogen (secondary N) is 1. The maximum Gasteiger partial charge on any atom is 0.224 e. The van der Waals surface area contributed by atoms with Gasteiger partial charge in [-0.2, -0.15) is 0 Å². The Hall–Kier alpha value is -2.33. The lowest BCUT2D eigenvalue weighted by Gasteiger charge is -2.14. The van der Waals surface area contributed by atoms with Gasteiger partial charge < -0.3 is 15.2 Å². The molecule has 1 unspecified atom stereocenters. The van der Waals surface area contributed by atoms with E-state index in [1.54, 1.807) is 12.1 Å². The fourth-order valence-corrected chi connectivity index (χ4v) is 3.37. The van der Waals surface area contributed by atoms with Crippen molar-refractivity contribution in [2.45, 2.75) is 38.7 Å². The van der Waals surface area contributed by atoms with Gasteiger partial charge in [-0.05, 0) is 55.0 Å². The van der Waals surface area contributed by atoms with Gasteiger partial charge in [-0.3, -0.25) is 4.79 Å². The first kappa shape index (κ1) is 16.5. The third-order valence-electron chi connectivity index (χ3n) is 4.50. The highest BCUT2D eigenvalue weighted by atomic mass is 16.5. The van der Waals surface area contributed by atoms with Gasteiger partial charge in [0.05, 0.1) is 13.2 Å². The molecular weight excluding hydrogens is 302 g/mol. The van der Waals surface area contributed by atoms with E-state index >= 15 is 0 Å². The van der Waals surface area contributed by atoms with Gasteiger partial charge in [0.25, 0.3) is 0 Å². The standard InChI is InChI=1S/C20H23NO3/c1-2-24-19-10-9-17(11-16(19)13-22)21-20(23)12-15-8-7-14-5-3-4-6-18(14)15/h3-6,9-11,15,22H,2,7-8,12-13H2,1H3,(H,21,23). The number of rotatable bonds is 6. The summed E-state index contributed by atoms with van der Waals surface area (Å²) in [4.78, 5) is 12.4. The van der Waals surface area contributed by atoms with E-state index in [-0.39, 0.29) is 12.5 Å². The monoisotopic (exact) mass is 325 g/mol. The number of amides is 1. The van der Waals surface area contributed by atoms with E-state index in [1.165, 1.54) is 11.1 Å². The van der Waals surface area contributed by atoms with Gasteiger partial charge >= 0.3 is 0 Å². The van der Waals surface area contributed by atoms with Crippen molar-refractivity contribution in [2.75, 3.05) is 11.9 Å². The van der Waals surface area contributed by atoms with Crippen LogP contribution in [0, 0.1) is 0 Å². The van der Waals surface area contributed by atoms with Crippen molar-refractivity contribution in [1.82, 2.24) is 0 Å². The molecule has 0 aliphatic heterocycles. The fraction of sp³-hybridized carbons (Fsp3) is 0.350. The Labute approximate surface area is 142 Å². The average Bonchev–Trinajstić information content (AvgIpc) is 2.99. The molecule has 0 bridgehead atoms. The number of aryl methyl sites for hydroxylation is 1. The summed E-state index contributed by atoms with van der Waals surface area (Å²) >= 11 is 0. The van der Waals surface area contributed by atoms with Crippen molar-refractivity contribution in [2.24, 2.45) is 0 Å². The zero-order chi connectivity index (χ0) is 16.9. The van der Waals surface area contributed by atoms with Crippen LogP contribution in [0.4, 0.5) is 5.69 Å². The maximum atomic E-state index is 12.4. The Morgan fingerprint density at radius 2 is 2.12 bits per heavy atom. The summed E-state index contributed by atoms with van der Waals surface area (Å²) in [6.45, 7) is 2.32. The predicted molar refractivity (Wildman–Crippen MR) is 94.3 cm³/mol. The number of anilines is 1. The molecule has 0 heterocycles. The molecule has 0 saturated heterocycles. The number of aliphatic hydroxyl groups excluding tert-OH is 1. The Morgan fingerprint density at radius 3 is 2.92 bits per heavy atom. The molecule has 0 saturated carbocycles. The molecule has 24 heavy (non-hydrogen) atoms. The highest BCUT2D eigenvalue weighted by Crippen LogP contribution is 2.35. The molecule has 126 valence electrons. The van der Waals surface area contributed by atoms with E-state index in [0.29, 0.717) is 35.9 Å². The molecule has 0 aromatic heterocycles. The second kappa shape index (κ2) is 7.49. The van der Waals surface area contributed by atoms with Crippen LogP contribution in [-0.4, -0.2) is 17.6 Å². The molecular formula is C20H23NO3. The number of carbonyl (C=O) groups excluding carboxylic acids is 1. The first-order chi connectivity index (χ1) is 11.7. The molecule has 0 spiro atoms. The molecule has 1 aliphatic rings. The number of carbonyl (C=O) groups is 1. The number of ether oxygens (including phenoxy) is 1. The summed E-state index contributed by atoms with van der Waals surface area (Å²) < 4.78 is 5.46. The summed E-state index contributed by atoms with van der Waals surface area (Å²) in [5.74, 6) is 0.952. The molecule has 0 radical (unpaired) electrons. The summed E-state index contributed by atoms with van der Waals surface area (Å²) in [5, 5.41) is 12.4. The summed E-state index contributed by atoms with van der Waals surface area (Å²) in [5.41, 5.74) is 4.04. The quantitative estimate of drug-likeness (QED) is 0.852. The topological polar surface area (TPSA) is 58.6 Å². The molecule has 4 heteroatoms. The molecule has 0 fully saturated rings. The first-order valence-electron chi connectivity index (χ1n) is 8.45. The smallest absolute Gasteiger partial charge is 0.224 e. The zero-order valence-electron chi connectivity index (χ0n) is 13.9. The van der Waals surface area contributed by atoms with Crippen LogP contribution in [0.15, 0.2) is 42.5 Å². The molecule has 1 amide bonds. The van der Waals surface area contributed by atoms with Gasteiger partial charge in [0.1, 0.15) is 5.75 Å². The number of aliphatic hydroxyl groups is 1. The van der Waals surface area contributed by atoms with Crippen LogP contribution in [0.5, 0.6) is 5.75 Å². The minimum Gasteiger partial charge on any atom is -0.494 e. The second-order valence-corrected chi connectivity index (χ2v) is 6.10. The van der Waals surface area contributed by atoms with Crippen LogP contribution in [0.25, 0.3) is 0 Å². The van der Waals surface area contributed by atoms with Crippen LogP contribution < -0.4 is 10.1 Å². The number of fused-ring (bicyclic) bond motifs is 1. The molecule has 2 aromatic carbocycles. The number of benzene rings is 2. The van der Waals surface area contributed by atoms with Gasteiger partial charge in [-0.15, -0.1) is 0 Å². The number of hydrogen-bond donors (Lipinski definition) is 2. The van der Waals surface area contributed by atoms with Crippen molar-refractivity contribution in [1.29, 1.82) is 0 Å². The summed E-state index contributed by atoms with van der Waals surface area (Å²) in [7, 11) is 0. The zero-order valence-corrected chi connectivity index (χ0v) is 13.9. The average molecular weight is 325 g/mol. The van der Waals surface area contributed by atoms with Gasteiger partial charge in [0.2, 0.25) is 5.91 Å². The van der Waals surface area contributed by atoms with E-state index in [0.717, 1.165) is 12.8 Å². The Kier molecular flexibility index (Phi) is 5.16. The molecule has 1 aliphatic carbocycles. The van der Waals surface area contributed by atoms with E-state index in [9.17, 15) is 9.90 Å². The largest absolute Gasteiger partial charge is 0.494 e. The summed E-state index contributed by atoms with van der Waals surface area (Å²) in [6.07, 6.45) is 2.56. The first-order valence-corrected chi connectivity index (χ1v) is 8.45. The van der Waals surface area contributed by atoms with E-state index in [4.69, 9.17) is 4.74 Å². The van der Waals surface area contributed by atoms with Gasteiger partial charge in [0.15, 0.2) is 0 Å². The van der Waals surface area contributed by atoms with Gasteiger partial charge in [-0.1, -0.05) is 24.3 Å². The van der Waals surface area contributed by atoms with Crippen LogP contribution in [0.1, 0.15) is 42.4 Å². The van der Waals surface area contributed by atoms with Crippen molar-refractivity contribution in [3.05, 3.63) is 59.2 Å². The van der Waals surface area contributed by atoms with Crippen LogP contribution in [0.3, 0.4) is 0 Å². The van der Waals surface area contributed by atoms with Crippen molar-refractivity contribution < 1.29 is 14.6 Å². The van der Waals surface area contributed by atoms with E-state index < -0.39 is 0 Å². The molecule has 2 N–H and O–H groups in total. The lowest BCUT2D eigenvalue weighted by atomic mass is 9.97. The minimum absolute atomic E-state index is 0.00440. The van der Waals surface area contributed by atoms with Crippen LogP contribution in [-0.2, 0) is 17.8 Å². The fourth-order valence-electron chi connectivity index (χ4n) is 3.37. The Bertz CT molecular complexity index is 727. The molecule has 3 rings (SSSR count). The third-order valence-corrected chi connectivity index (χ3v) is 4.50. The van der Waals surface area contributed by atoms with Crippen molar-refractivity contribution >= 4 is 11.6 Å². The van der Waals surface area contributed by atoms with Crippen LogP contribution in [0.2, 0.25) is 0 Å². The minimum atomic E-state index is -0.116. The van der Waals surface area contributed by atoms with Crippen molar-refractivity contribution in [3.63, 3.8) is 0 Å². The molecule has 1 atom stereocenters. The normalized spacial score (nSPS) is 15.8. The maximum absolute atomic E-state index is 12.4.